The first kappa shape index (κ1) is 15.6. The molecule has 118 valence electrons. The molecule has 0 aliphatic heterocycles. The lowest BCUT2D eigenvalue weighted by Crippen LogP contribution is -2.28. The molecule has 1 amide bonds. The first-order valence-electron chi connectivity index (χ1n) is 7.41. The molecule has 0 saturated carbocycles. The molecule has 1 aromatic carbocycles. The number of carbonyl (C=O) groups is 1. The molecule has 0 radical (unpaired) electrons. The van der Waals surface area contributed by atoms with Crippen LogP contribution in [0, 0.1) is 12.7 Å². The minimum Gasteiger partial charge on any atom is -0.341 e. The van der Waals surface area contributed by atoms with Crippen molar-refractivity contribution in [3.63, 3.8) is 0 Å². The van der Waals surface area contributed by atoms with Crippen LogP contribution < -0.4 is 0 Å². The number of hydrogen-bond donors (Lipinski definition) is 0. The predicted molar refractivity (Wildman–Crippen MR) is 91.4 cm³/mol. The van der Waals surface area contributed by atoms with Crippen LogP contribution in [-0.4, -0.2) is 29.4 Å². The first-order chi connectivity index (χ1) is 11.1. The van der Waals surface area contributed by atoms with E-state index in [1.165, 1.54) is 17.4 Å². The van der Waals surface area contributed by atoms with Crippen LogP contribution in [0.1, 0.15) is 20.9 Å². The molecule has 0 saturated heterocycles. The van der Waals surface area contributed by atoms with Gasteiger partial charge < -0.3 is 4.90 Å². The smallest absolute Gasteiger partial charge is 0.263 e. The molecule has 0 spiro atoms. The van der Waals surface area contributed by atoms with Gasteiger partial charge in [-0.15, -0.1) is 11.3 Å². The Kier molecular flexibility index (Phi) is 4.39. The van der Waals surface area contributed by atoms with Crippen LogP contribution >= 0.6 is 11.3 Å². The third kappa shape index (κ3) is 3.10. The van der Waals surface area contributed by atoms with Crippen molar-refractivity contribution >= 4 is 27.3 Å². The van der Waals surface area contributed by atoms with Gasteiger partial charge in [-0.1, -0.05) is 12.1 Å². The number of halogens is 1. The molecule has 0 aliphatic rings. The Bertz CT molecular complexity index is 845. The highest BCUT2D eigenvalue weighted by atomic mass is 32.1. The molecule has 0 atom stereocenters. The number of fused-ring (bicyclic) bond motifs is 1. The maximum absolute atomic E-state index is 14.0. The number of aryl methyl sites for hydroxylation is 1. The van der Waals surface area contributed by atoms with E-state index in [1.807, 2.05) is 31.2 Å². The predicted octanol–water partition coefficient (Wildman–Crippen LogP) is 4.06. The van der Waals surface area contributed by atoms with Crippen LogP contribution in [0.15, 0.2) is 42.6 Å². The van der Waals surface area contributed by atoms with Gasteiger partial charge in [0.05, 0.1) is 4.88 Å². The monoisotopic (exact) mass is 328 g/mol. The Morgan fingerprint density at radius 2 is 2.09 bits per heavy atom. The Morgan fingerprint density at radius 3 is 2.78 bits per heavy atom. The highest BCUT2D eigenvalue weighted by molar-refractivity contribution is 7.21. The molecular formula is C18H17FN2OS. The summed E-state index contributed by atoms with van der Waals surface area (Å²) >= 11 is 1.35. The van der Waals surface area contributed by atoms with E-state index in [0.29, 0.717) is 23.2 Å². The average Bonchev–Trinajstić information content (AvgIpc) is 2.91. The van der Waals surface area contributed by atoms with Crippen LogP contribution in [0.5, 0.6) is 0 Å². The molecule has 2 aromatic heterocycles. The van der Waals surface area contributed by atoms with Crippen LogP contribution in [0.3, 0.4) is 0 Å². The summed E-state index contributed by atoms with van der Waals surface area (Å²) < 4.78 is 14.8. The number of benzene rings is 1. The molecule has 23 heavy (non-hydrogen) atoms. The molecule has 3 rings (SSSR count). The molecule has 5 heteroatoms. The molecule has 3 nitrogen and oxygen atoms in total. The highest BCUT2D eigenvalue weighted by Crippen LogP contribution is 2.33. The largest absolute Gasteiger partial charge is 0.341 e. The van der Waals surface area contributed by atoms with Crippen molar-refractivity contribution in [1.82, 2.24) is 9.88 Å². The van der Waals surface area contributed by atoms with E-state index in [-0.39, 0.29) is 11.7 Å². The molecular weight excluding hydrogens is 311 g/mol. The second-order valence-electron chi connectivity index (χ2n) is 5.47. The van der Waals surface area contributed by atoms with E-state index >= 15 is 0 Å². The van der Waals surface area contributed by atoms with E-state index in [2.05, 4.69) is 4.98 Å². The van der Waals surface area contributed by atoms with Crippen LogP contribution in [0.25, 0.3) is 10.1 Å². The van der Waals surface area contributed by atoms with Gasteiger partial charge in [0.15, 0.2) is 0 Å². The van der Waals surface area contributed by atoms with Gasteiger partial charge >= 0.3 is 0 Å². The number of rotatable bonds is 4. The second-order valence-corrected chi connectivity index (χ2v) is 6.52. The summed E-state index contributed by atoms with van der Waals surface area (Å²) in [5, 5.41) is 0.555. The average molecular weight is 328 g/mol. The van der Waals surface area contributed by atoms with Crippen molar-refractivity contribution in [3.8, 4) is 0 Å². The third-order valence-corrected chi connectivity index (χ3v) is 5.12. The quantitative estimate of drug-likeness (QED) is 0.723. The Morgan fingerprint density at radius 1 is 1.26 bits per heavy atom. The molecule has 0 N–H and O–H groups in total. The number of likely N-dealkylation sites (N-methyl/N-ethyl adjacent to an activating group) is 1. The lowest BCUT2D eigenvalue weighted by atomic mass is 10.1. The molecule has 0 fully saturated rings. The van der Waals surface area contributed by atoms with Crippen molar-refractivity contribution in [2.45, 2.75) is 13.3 Å². The van der Waals surface area contributed by atoms with Gasteiger partial charge in [0, 0.05) is 42.0 Å². The van der Waals surface area contributed by atoms with Gasteiger partial charge in [-0.05, 0) is 36.8 Å². The van der Waals surface area contributed by atoms with Crippen molar-refractivity contribution in [1.29, 1.82) is 0 Å². The van der Waals surface area contributed by atoms with Crippen LogP contribution in [0.2, 0.25) is 0 Å². The van der Waals surface area contributed by atoms with E-state index in [4.69, 9.17) is 0 Å². The number of carbonyl (C=O) groups excluding carboxylic acids is 1. The van der Waals surface area contributed by atoms with E-state index in [1.54, 1.807) is 24.2 Å². The number of hydrogen-bond acceptors (Lipinski definition) is 3. The minimum atomic E-state index is -0.272. The first-order valence-corrected chi connectivity index (χ1v) is 8.22. The van der Waals surface area contributed by atoms with Crippen molar-refractivity contribution in [3.05, 3.63) is 64.5 Å². The summed E-state index contributed by atoms with van der Waals surface area (Å²) in [5.41, 5.74) is 1.67. The van der Waals surface area contributed by atoms with E-state index < -0.39 is 0 Å². The van der Waals surface area contributed by atoms with Crippen molar-refractivity contribution < 1.29 is 9.18 Å². The van der Waals surface area contributed by atoms with Gasteiger partial charge in [-0.3, -0.25) is 9.78 Å². The Labute approximate surface area is 138 Å². The summed E-state index contributed by atoms with van der Waals surface area (Å²) in [7, 11) is 1.77. The fraction of sp³-hybridized carbons (Fsp3) is 0.222. The van der Waals surface area contributed by atoms with E-state index in [9.17, 15) is 9.18 Å². The van der Waals surface area contributed by atoms with Crippen LogP contribution in [-0.2, 0) is 6.42 Å². The highest BCUT2D eigenvalue weighted by Gasteiger charge is 2.20. The molecule has 0 aliphatic carbocycles. The van der Waals surface area contributed by atoms with Gasteiger partial charge in [0.1, 0.15) is 5.82 Å². The summed E-state index contributed by atoms with van der Waals surface area (Å²) in [6, 6.07) is 10.7. The SMILES string of the molecule is Cc1c(C(=O)N(C)CCc2ccccn2)sc2cccc(F)c12. The fourth-order valence-corrected chi connectivity index (χ4v) is 3.78. The molecule has 2 heterocycles. The van der Waals surface area contributed by atoms with Gasteiger partial charge in [0.2, 0.25) is 0 Å². The number of nitrogens with zero attached hydrogens (tertiary/aromatic N) is 2. The number of aromatic nitrogens is 1. The Hall–Kier alpha value is -2.27. The lowest BCUT2D eigenvalue weighted by Gasteiger charge is -2.16. The molecule has 3 aromatic rings. The summed E-state index contributed by atoms with van der Waals surface area (Å²) in [4.78, 5) is 19.2. The summed E-state index contributed by atoms with van der Waals surface area (Å²) in [6.45, 7) is 2.38. The van der Waals surface area contributed by atoms with Crippen LogP contribution in [0.4, 0.5) is 4.39 Å². The number of amides is 1. The standard InChI is InChI=1S/C18H17FN2OS/c1-12-16-14(19)7-5-8-15(16)23-17(12)18(22)21(2)11-9-13-6-3-4-10-20-13/h3-8,10H,9,11H2,1-2H3. The topological polar surface area (TPSA) is 33.2 Å². The maximum Gasteiger partial charge on any atom is 0.263 e. The maximum atomic E-state index is 14.0. The van der Waals surface area contributed by atoms with Gasteiger partial charge in [0.25, 0.3) is 5.91 Å². The molecule has 0 bridgehead atoms. The Balaban J connectivity index is 1.80. The third-order valence-electron chi connectivity index (χ3n) is 3.87. The van der Waals surface area contributed by atoms with Crippen molar-refractivity contribution in [2.75, 3.05) is 13.6 Å². The number of thiophene rings is 1. The summed E-state index contributed by atoms with van der Waals surface area (Å²) in [5.74, 6) is -0.342. The molecule has 0 unspecified atom stereocenters. The zero-order valence-electron chi connectivity index (χ0n) is 13.0. The zero-order chi connectivity index (χ0) is 16.4. The van der Waals surface area contributed by atoms with Crippen molar-refractivity contribution in [2.24, 2.45) is 0 Å². The lowest BCUT2D eigenvalue weighted by molar-refractivity contribution is 0.0800. The number of pyridine rings is 1. The van der Waals surface area contributed by atoms with Gasteiger partial charge in [-0.2, -0.15) is 0 Å². The summed E-state index contributed by atoms with van der Waals surface area (Å²) in [6.07, 6.45) is 2.44. The second kappa shape index (κ2) is 6.46. The normalized spacial score (nSPS) is 10.9. The minimum absolute atomic E-state index is 0.0703. The zero-order valence-corrected chi connectivity index (χ0v) is 13.9. The van der Waals surface area contributed by atoms with E-state index in [0.717, 1.165) is 16.0 Å². The fourth-order valence-electron chi connectivity index (χ4n) is 2.56. The van der Waals surface area contributed by atoms with Gasteiger partial charge in [-0.25, -0.2) is 4.39 Å².